The Labute approximate surface area is 199 Å². The number of ether oxygens (including phenoxy) is 1. The van der Waals surface area contributed by atoms with Crippen molar-refractivity contribution in [2.45, 2.75) is 63.5 Å². The van der Waals surface area contributed by atoms with E-state index in [-0.39, 0.29) is 43.2 Å². The van der Waals surface area contributed by atoms with E-state index in [1.807, 2.05) is 24.3 Å². The van der Waals surface area contributed by atoms with Crippen LogP contribution in [0.2, 0.25) is 0 Å². The molecule has 4 rings (SSSR count). The van der Waals surface area contributed by atoms with Crippen LogP contribution >= 0.6 is 0 Å². The Morgan fingerprint density at radius 2 is 1.65 bits per heavy atom. The third-order valence-corrected chi connectivity index (χ3v) is 7.37. The fraction of sp³-hybridized carbons (Fsp3) is 0.444. The maximum absolute atomic E-state index is 12.8. The molecule has 2 aromatic rings. The monoisotopic (exact) mass is 464 g/mol. The van der Waals surface area contributed by atoms with Gasteiger partial charge in [0, 0.05) is 18.4 Å². The van der Waals surface area contributed by atoms with Crippen molar-refractivity contribution in [3.05, 3.63) is 59.7 Å². The number of carbonyl (C=O) groups excluding carboxylic acids is 2. The number of nitrogens with one attached hydrogen (secondary N) is 2. The molecule has 0 aromatic heterocycles. The van der Waals surface area contributed by atoms with Gasteiger partial charge in [-0.25, -0.2) is 9.59 Å². The molecule has 1 fully saturated rings. The van der Waals surface area contributed by atoms with Crippen LogP contribution in [0, 0.1) is 5.92 Å². The van der Waals surface area contributed by atoms with E-state index in [9.17, 15) is 19.5 Å². The highest BCUT2D eigenvalue weighted by Crippen LogP contribution is 2.44. The number of hydrogen-bond donors (Lipinski definition) is 3. The molecule has 2 aliphatic rings. The van der Waals surface area contributed by atoms with E-state index in [2.05, 4.69) is 34.9 Å². The predicted molar refractivity (Wildman–Crippen MR) is 128 cm³/mol. The van der Waals surface area contributed by atoms with Crippen molar-refractivity contribution in [1.29, 1.82) is 0 Å². The average molecular weight is 465 g/mol. The van der Waals surface area contributed by atoms with Crippen molar-refractivity contribution in [3.8, 4) is 11.1 Å². The quantitative estimate of drug-likeness (QED) is 0.508. The molecular weight excluding hydrogens is 432 g/mol. The number of rotatable bonds is 9. The zero-order valence-electron chi connectivity index (χ0n) is 19.7. The lowest BCUT2D eigenvalue weighted by Crippen LogP contribution is -2.54. The summed E-state index contributed by atoms with van der Waals surface area (Å²) in [5, 5.41) is 14.9. The number of benzene rings is 2. The molecule has 0 bridgehead atoms. The zero-order chi connectivity index (χ0) is 24.3. The summed E-state index contributed by atoms with van der Waals surface area (Å²) in [6.07, 6.45) is 2.64. The maximum Gasteiger partial charge on any atom is 0.407 e. The van der Waals surface area contributed by atoms with Gasteiger partial charge in [0.25, 0.3) is 0 Å². The second-order valence-electron chi connectivity index (χ2n) is 9.51. The number of alkyl carbamates (subject to hydrolysis) is 1. The first-order chi connectivity index (χ1) is 16.3. The van der Waals surface area contributed by atoms with Gasteiger partial charge >= 0.3 is 12.1 Å². The van der Waals surface area contributed by atoms with E-state index in [0.717, 1.165) is 41.5 Å². The molecule has 2 aromatic carbocycles. The molecule has 0 radical (unpaired) electrons. The van der Waals surface area contributed by atoms with Gasteiger partial charge in [-0.3, -0.25) is 4.79 Å². The SMILES string of the molecule is CCC(C)(NC(=O)CC(NC(=O)OCC1c2ccccc2-c2ccccc21)C1CCC1)C(=O)O. The fourth-order valence-corrected chi connectivity index (χ4v) is 4.82. The molecule has 2 atom stereocenters. The second-order valence-corrected chi connectivity index (χ2v) is 9.51. The molecule has 34 heavy (non-hydrogen) atoms. The third-order valence-electron chi connectivity index (χ3n) is 7.37. The minimum atomic E-state index is -1.33. The normalized spacial score (nSPS) is 17.5. The van der Waals surface area contributed by atoms with Crippen LogP contribution in [0.15, 0.2) is 48.5 Å². The molecule has 0 spiro atoms. The van der Waals surface area contributed by atoms with E-state index < -0.39 is 17.6 Å². The molecule has 2 aliphatic carbocycles. The molecule has 2 unspecified atom stereocenters. The summed E-state index contributed by atoms with van der Waals surface area (Å²) in [4.78, 5) is 36.9. The number of fused-ring (bicyclic) bond motifs is 3. The molecule has 2 amide bonds. The summed E-state index contributed by atoms with van der Waals surface area (Å²) < 4.78 is 5.65. The van der Waals surface area contributed by atoms with Crippen LogP contribution in [-0.2, 0) is 14.3 Å². The molecule has 0 heterocycles. The number of amides is 2. The van der Waals surface area contributed by atoms with E-state index in [1.165, 1.54) is 6.92 Å². The molecular formula is C27H32N2O5. The highest BCUT2D eigenvalue weighted by Gasteiger charge is 2.36. The minimum absolute atomic E-state index is 0.0255. The number of carbonyl (C=O) groups is 3. The Kier molecular flexibility index (Phi) is 6.91. The lowest BCUT2D eigenvalue weighted by Gasteiger charge is -2.34. The van der Waals surface area contributed by atoms with E-state index in [1.54, 1.807) is 6.92 Å². The van der Waals surface area contributed by atoms with Crippen molar-refractivity contribution in [1.82, 2.24) is 10.6 Å². The number of hydrogen-bond acceptors (Lipinski definition) is 4. The van der Waals surface area contributed by atoms with E-state index in [4.69, 9.17) is 4.74 Å². The highest BCUT2D eigenvalue weighted by atomic mass is 16.5. The molecule has 180 valence electrons. The van der Waals surface area contributed by atoms with Crippen molar-refractivity contribution in [2.75, 3.05) is 6.61 Å². The Balaban J connectivity index is 1.39. The third kappa shape index (κ3) is 4.79. The highest BCUT2D eigenvalue weighted by molar-refractivity contribution is 5.87. The molecule has 1 saturated carbocycles. The molecule has 0 aliphatic heterocycles. The molecule has 7 heteroatoms. The van der Waals surface area contributed by atoms with E-state index in [0.29, 0.717) is 0 Å². The van der Waals surface area contributed by atoms with Crippen molar-refractivity contribution in [3.63, 3.8) is 0 Å². The molecule has 3 N–H and O–H groups in total. The van der Waals surface area contributed by atoms with Crippen LogP contribution < -0.4 is 10.6 Å². The maximum atomic E-state index is 12.8. The lowest BCUT2D eigenvalue weighted by molar-refractivity contribution is -0.147. The summed E-state index contributed by atoms with van der Waals surface area (Å²) >= 11 is 0. The fourth-order valence-electron chi connectivity index (χ4n) is 4.82. The van der Waals surface area contributed by atoms with Crippen LogP contribution in [-0.4, -0.2) is 41.3 Å². The molecule has 7 nitrogen and oxygen atoms in total. The largest absolute Gasteiger partial charge is 0.480 e. The van der Waals surface area contributed by atoms with Gasteiger partial charge in [-0.1, -0.05) is 61.9 Å². The van der Waals surface area contributed by atoms with E-state index >= 15 is 0 Å². The zero-order valence-corrected chi connectivity index (χ0v) is 19.7. The standard InChI is InChI=1S/C27H32N2O5/c1-3-27(2,25(31)32)29-24(30)15-23(17-9-8-10-17)28-26(33)34-16-22-20-13-6-4-11-18(20)19-12-5-7-14-21(19)22/h4-7,11-14,17,22-23H,3,8-10,15-16H2,1-2H3,(H,28,33)(H,29,30)(H,31,32). The van der Waals surface area contributed by atoms with Crippen molar-refractivity contribution >= 4 is 18.0 Å². The summed E-state index contributed by atoms with van der Waals surface area (Å²) in [6, 6.07) is 15.9. The summed E-state index contributed by atoms with van der Waals surface area (Å²) in [6.45, 7) is 3.41. The number of aliphatic carboxylic acids is 1. The van der Waals surface area contributed by atoms with Gasteiger partial charge < -0.3 is 20.5 Å². The number of carboxylic acids is 1. The number of carboxylic acid groups (broad SMARTS) is 1. The Bertz CT molecular complexity index is 1030. The van der Waals surface area contributed by atoms with Gasteiger partial charge in [0.15, 0.2) is 0 Å². The minimum Gasteiger partial charge on any atom is -0.480 e. The van der Waals surface area contributed by atoms with Crippen molar-refractivity contribution in [2.24, 2.45) is 5.92 Å². The Morgan fingerprint density at radius 3 is 2.15 bits per heavy atom. The van der Waals surface area contributed by atoms with Gasteiger partial charge in [0.1, 0.15) is 12.1 Å². The van der Waals surface area contributed by atoms with Crippen LogP contribution in [0.3, 0.4) is 0 Å². The Morgan fingerprint density at radius 1 is 1.06 bits per heavy atom. The first-order valence-corrected chi connectivity index (χ1v) is 12.0. The van der Waals surface area contributed by atoms with Gasteiger partial charge in [-0.2, -0.15) is 0 Å². The van der Waals surface area contributed by atoms with Crippen LogP contribution in [0.4, 0.5) is 4.79 Å². The summed E-state index contributed by atoms with van der Waals surface area (Å²) in [7, 11) is 0. The average Bonchev–Trinajstić information content (AvgIpc) is 3.10. The van der Waals surface area contributed by atoms with Gasteiger partial charge in [-0.15, -0.1) is 0 Å². The van der Waals surface area contributed by atoms with Crippen molar-refractivity contribution < 1.29 is 24.2 Å². The Hall–Kier alpha value is -3.35. The van der Waals surface area contributed by atoms with Crippen LogP contribution in [0.1, 0.15) is 63.0 Å². The first-order valence-electron chi connectivity index (χ1n) is 12.0. The first kappa shape index (κ1) is 23.8. The van der Waals surface area contributed by atoms with Gasteiger partial charge in [0.05, 0.1) is 0 Å². The topological polar surface area (TPSA) is 105 Å². The van der Waals surface area contributed by atoms with Crippen LogP contribution in [0.25, 0.3) is 11.1 Å². The predicted octanol–water partition coefficient (Wildman–Crippen LogP) is 4.45. The second kappa shape index (κ2) is 9.87. The molecule has 0 saturated heterocycles. The summed E-state index contributed by atoms with van der Waals surface area (Å²) in [5.41, 5.74) is 3.27. The van der Waals surface area contributed by atoms with Gasteiger partial charge in [0.2, 0.25) is 5.91 Å². The summed E-state index contributed by atoms with van der Waals surface area (Å²) in [5.74, 6) is -1.32. The van der Waals surface area contributed by atoms with Crippen LogP contribution in [0.5, 0.6) is 0 Å². The van der Waals surface area contributed by atoms with Gasteiger partial charge in [-0.05, 0) is 54.4 Å². The lowest BCUT2D eigenvalue weighted by atomic mass is 9.78. The smallest absolute Gasteiger partial charge is 0.407 e.